The highest BCUT2D eigenvalue weighted by atomic mass is 16.1. The Morgan fingerprint density at radius 2 is 2.00 bits per heavy atom. The van der Waals surface area contributed by atoms with Gasteiger partial charge in [0.2, 0.25) is 5.91 Å². The smallest absolute Gasteiger partial charge is 0.224 e. The fourth-order valence-corrected chi connectivity index (χ4v) is 1.56. The van der Waals surface area contributed by atoms with E-state index < -0.39 is 0 Å². The van der Waals surface area contributed by atoms with Crippen molar-refractivity contribution < 1.29 is 4.79 Å². The van der Waals surface area contributed by atoms with Gasteiger partial charge in [-0.15, -0.1) is 0 Å². The molecule has 1 saturated heterocycles. The van der Waals surface area contributed by atoms with E-state index in [0.29, 0.717) is 6.42 Å². The quantitative estimate of drug-likeness (QED) is 0.555. The lowest BCUT2D eigenvalue weighted by Gasteiger charge is -2.21. The maximum absolute atomic E-state index is 10.9. The Hall–Kier alpha value is -1.05. The first-order valence-corrected chi connectivity index (χ1v) is 4.06. The van der Waals surface area contributed by atoms with Crippen molar-refractivity contribution in [3.05, 3.63) is 23.4 Å². The number of fused-ring (bicyclic) bond motifs is 1. The zero-order valence-corrected chi connectivity index (χ0v) is 6.39. The Bertz CT molecular complexity index is 250. The van der Waals surface area contributed by atoms with Crippen LogP contribution in [-0.4, -0.2) is 5.91 Å². The maximum Gasteiger partial charge on any atom is 0.224 e. The minimum atomic E-state index is 0.162. The van der Waals surface area contributed by atoms with Gasteiger partial charge in [-0.1, -0.05) is 12.2 Å². The van der Waals surface area contributed by atoms with E-state index in [2.05, 4.69) is 17.5 Å². The molecule has 0 aromatic carbocycles. The summed E-state index contributed by atoms with van der Waals surface area (Å²) in [6.07, 6.45) is 8.13. The SMILES string of the molecule is O=C1CCC2=CCCC=C2N1. The summed E-state index contributed by atoms with van der Waals surface area (Å²) in [4.78, 5) is 10.9. The zero-order valence-electron chi connectivity index (χ0n) is 6.39. The fraction of sp³-hybridized carbons (Fsp3) is 0.444. The van der Waals surface area contributed by atoms with Crippen LogP contribution in [0.25, 0.3) is 0 Å². The molecule has 0 spiro atoms. The van der Waals surface area contributed by atoms with Crippen molar-refractivity contribution in [1.29, 1.82) is 0 Å². The molecule has 0 bridgehead atoms. The van der Waals surface area contributed by atoms with Gasteiger partial charge in [-0.2, -0.15) is 0 Å². The number of nitrogens with one attached hydrogen (secondary N) is 1. The zero-order chi connectivity index (χ0) is 7.68. The van der Waals surface area contributed by atoms with Crippen molar-refractivity contribution >= 4 is 5.91 Å². The average Bonchev–Trinajstić information content (AvgIpc) is 2.04. The van der Waals surface area contributed by atoms with E-state index >= 15 is 0 Å². The summed E-state index contributed by atoms with van der Waals surface area (Å²) in [5.74, 6) is 0.162. The van der Waals surface area contributed by atoms with Gasteiger partial charge in [0.05, 0.1) is 0 Å². The molecular weight excluding hydrogens is 138 g/mol. The third kappa shape index (κ3) is 1.20. The second kappa shape index (κ2) is 2.53. The predicted molar refractivity (Wildman–Crippen MR) is 42.8 cm³/mol. The predicted octanol–water partition coefficient (Wildman–Crippen LogP) is 1.50. The summed E-state index contributed by atoms with van der Waals surface area (Å²) in [5, 5.41) is 2.87. The van der Waals surface area contributed by atoms with E-state index in [0.717, 1.165) is 25.0 Å². The van der Waals surface area contributed by atoms with E-state index in [1.54, 1.807) is 0 Å². The summed E-state index contributed by atoms with van der Waals surface area (Å²) >= 11 is 0. The first-order chi connectivity index (χ1) is 5.36. The third-order valence-corrected chi connectivity index (χ3v) is 2.15. The molecule has 2 rings (SSSR count). The van der Waals surface area contributed by atoms with Crippen LogP contribution in [0.4, 0.5) is 0 Å². The molecule has 2 aliphatic rings. The molecule has 0 aromatic rings. The summed E-state index contributed by atoms with van der Waals surface area (Å²) in [7, 11) is 0. The fourth-order valence-electron chi connectivity index (χ4n) is 1.56. The minimum Gasteiger partial charge on any atom is -0.326 e. The highest BCUT2D eigenvalue weighted by Gasteiger charge is 2.17. The molecule has 0 atom stereocenters. The molecule has 1 aliphatic heterocycles. The molecular formula is C9H11NO. The van der Waals surface area contributed by atoms with Crippen molar-refractivity contribution in [2.75, 3.05) is 0 Å². The highest BCUT2D eigenvalue weighted by Crippen LogP contribution is 2.24. The Kier molecular flexibility index (Phi) is 1.53. The molecule has 0 aromatic heterocycles. The van der Waals surface area contributed by atoms with E-state index in [1.165, 1.54) is 5.57 Å². The number of hydrogen-bond donors (Lipinski definition) is 1. The molecule has 1 heterocycles. The van der Waals surface area contributed by atoms with Gasteiger partial charge in [-0.3, -0.25) is 4.79 Å². The molecule has 0 saturated carbocycles. The highest BCUT2D eigenvalue weighted by molar-refractivity contribution is 5.81. The van der Waals surface area contributed by atoms with Gasteiger partial charge in [0, 0.05) is 12.1 Å². The number of amides is 1. The minimum absolute atomic E-state index is 0.162. The van der Waals surface area contributed by atoms with Crippen LogP contribution < -0.4 is 5.32 Å². The Balaban J connectivity index is 2.22. The largest absolute Gasteiger partial charge is 0.326 e. The molecule has 11 heavy (non-hydrogen) atoms. The topological polar surface area (TPSA) is 29.1 Å². The van der Waals surface area contributed by atoms with Crippen molar-refractivity contribution in [1.82, 2.24) is 5.32 Å². The molecule has 2 heteroatoms. The number of allylic oxidation sites excluding steroid dienone is 3. The van der Waals surface area contributed by atoms with Crippen LogP contribution in [0, 0.1) is 0 Å². The molecule has 1 amide bonds. The average molecular weight is 149 g/mol. The van der Waals surface area contributed by atoms with Crippen LogP contribution in [0.5, 0.6) is 0 Å². The van der Waals surface area contributed by atoms with Crippen LogP contribution >= 0.6 is 0 Å². The molecule has 0 radical (unpaired) electrons. The Labute approximate surface area is 66.0 Å². The molecule has 58 valence electrons. The van der Waals surface area contributed by atoms with Crippen LogP contribution in [0.3, 0.4) is 0 Å². The third-order valence-electron chi connectivity index (χ3n) is 2.15. The molecule has 0 unspecified atom stereocenters. The van der Waals surface area contributed by atoms with Gasteiger partial charge in [0.25, 0.3) is 0 Å². The lowest BCUT2D eigenvalue weighted by molar-refractivity contribution is -0.120. The van der Waals surface area contributed by atoms with E-state index in [4.69, 9.17) is 0 Å². The standard InChI is InChI=1S/C9H11NO/c11-9-6-5-7-3-1-2-4-8(7)10-9/h3-4H,1-2,5-6H2,(H,10,11). The maximum atomic E-state index is 10.9. The summed E-state index contributed by atoms with van der Waals surface area (Å²) < 4.78 is 0. The Morgan fingerprint density at radius 1 is 1.18 bits per heavy atom. The van der Waals surface area contributed by atoms with Crippen LogP contribution in [0.1, 0.15) is 25.7 Å². The van der Waals surface area contributed by atoms with Gasteiger partial charge < -0.3 is 5.32 Å². The second-order valence-corrected chi connectivity index (χ2v) is 2.97. The second-order valence-electron chi connectivity index (χ2n) is 2.97. The van der Waals surface area contributed by atoms with Crippen molar-refractivity contribution in [2.24, 2.45) is 0 Å². The van der Waals surface area contributed by atoms with E-state index in [9.17, 15) is 4.79 Å². The normalized spacial score (nSPS) is 23.1. The number of rotatable bonds is 0. The first-order valence-electron chi connectivity index (χ1n) is 4.06. The summed E-state index contributed by atoms with van der Waals surface area (Å²) in [6.45, 7) is 0. The Morgan fingerprint density at radius 3 is 2.91 bits per heavy atom. The van der Waals surface area contributed by atoms with E-state index in [-0.39, 0.29) is 5.91 Å². The molecule has 2 nitrogen and oxygen atoms in total. The number of carbonyl (C=O) groups is 1. The van der Waals surface area contributed by atoms with Crippen LogP contribution in [0.2, 0.25) is 0 Å². The van der Waals surface area contributed by atoms with Crippen molar-refractivity contribution in [3.63, 3.8) is 0 Å². The van der Waals surface area contributed by atoms with E-state index in [1.807, 2.05) is 0 Å². The number of hydrogen-bond acceptors (Lipinski definition) is 1. The monoisotopic (exact) mass is 149 g/mol. The number of carbonyl (C=O) groups excluding carboxylic acids is 1. The molecule has 1 aliphatic carbocycles. The van der Waals surface area contributed by atoms with Crippen molar-refractivity contribution in [2.45, 2.75) is 25.7 Å². The van der Waals surface area contributed by atoms with Gasteiger partial charge in [-0.25, -0.2) is 0 Å². The number of piperidine rings is 1. The van der Waals surface area contributed by atoms with Gasteiger partial charge in [0.15, 0.2) is 0 Å². The molecule has 1 fully saturated rings. The lowest BCUT2D eigenvalue weighted by atomic mass is 9.96. The summed E-state index contributed by atoms with van der Waals surface area (Å²) in [6, 6.07) is 0. The summed E-state index contributed by atoms with van der Waals surface area (Å²) in [5.41, 5.74) is 2.39. The molecule has 1 N–H and O–H groups in total. The van der Waals surface area contributed by atoms with Crippen LogP contribution in [0.15, 0.2) is 23.4 Å². The first kappa shape index (κ1) is 6.65. The van der Waals surface area contributed by atoms with Gasteiger partial charge >= 0.3 is 0 Å². The van der Waals surface area contributed by atoms with Crippen molar-refractivity contribution in [3.8, 4) is 0 Å². The van der Waals surface area contributed by atoms with Gasteiger partial charge in [0.1, 0.15) is 0 Å². The van der Waals surface area contributed by atoms with Gasteiger partial charge in [-0.05, 0) is 24.8 Å². The van der Waals surface area contributed by atoms with Crippen LogP contribution in [-0.2, 0) is 4.79 Å². The lowest BCUT2D eigenvalue weighted by Crippen LogP contribution is -2.29.